The molecule has 9 nitrogen and oxygen atoms in total. The smallest absolute Gasteiger partial charge is 0.395 e. The molecule has 12 heteroatoms. The first-order valence-corrected chi connectivity index (χ1v) is 11.4. The molecule has 34 heavy (non-hydrogen) atoms. The van der Waals surface area contributed by atoms with Crippen LogP contribution >= 0.6 is 11.3 Å². The quantitative estimate of drug-likeness (QED) is 0.598. The van der Waals surface area contributed by atoms with Crippen molar-refractivity contribution in [2.75, 3.05) is 30.3 Å². The van der Waals surface area contributed by atoms with Gasteiger partial charge in [-0.1, -0.05) is 20.8 Å². The summed E-state index contributed by atoms with van der Waals surface area (Å²) in [6.07, 6.45) is -3.55. The average Bonchev–Trinajstić information content (AvgIpc) is 3.20. The molecule has 2 aromatic rings. The maximum Gasteiger partial charge on any atom is 0.586 e. The second-order valence-electron chi connectivity index (χ2n) is 8.90. The zero-order valence-corrected chi connectivity index (χ0v) is 19.6. The molecule has 0 atom stereocenters. The van der Waals surface area contributed by atoms with Gasteiger partial charge in [-0.05, 0) is 23.6 Å². The van der Waals surface area contributed by atoms with Gasteiger partial charge in [0.25, 0.3) is 5.91 Å². The summed E-state index contributed by atoms with van der Waals surface area (Å²) in [5, 5.41) is 8.33. The maximum atomic E-state index is 13.3. The van der Waals surface area contributed by atoms with Crippen molar-refractivity contribution in [1.29, 1.82) is 0 Å². The summed E-state index contributed by atoms with van der Waals surface area (Å²) >= 11 is 1.28. The molecular weight excluding hydrogens is 470 g/mol. The topological polar surface area (TPSA) is 109 Å². The van der Waals surface area contributed by atoms with E-state index in [9.17, 15) is 23.2 Å². The molecule has 0 bridgehead atoms. The van der Waals surface area contributed by atoms with Crippen molar-refractivity contribution in [1.82, 2.24) is 10.2 Å². The minimum atomic E-state index is -3.76. The molecular formula is C22H24F2N4O5S. The van der Waals surface area contributed by atoms with Crippen molar-refractivity contribution >= 4 is 39.9 Å². The highest BCUT2D eigenvalue weighted by Gasteiger charge is 2.43. The van der Waals surface area contributed by atoms with Gasteiger partial charge in [-0.25, -0.2) is 4.79 Å². The molecule has 0 radical (unpaired) electrons. The normalized spacial score (nSPS) is 17.1. The van der Waals surface area contributed by atoms with Crippen molar-refractivity contribution in [2.45, 2.75) is 38.9 Å². The van der Waals surface area contributed by atoms with Crippen LogP contribution in [0.3, 0.4) is 0 Å². The molecule has 1 aromatic heterocycles. The van der Waals surface area contributed by atoms with Crippen molar-refractivity contribution in [3.63, 3.8) is 0 Å². The van der Waals surface area contributed by atoms with Gasteiger partial charge in [-0.3, -0.25) is 14.9 Å². The molecule has 1 aromatic carbocycles. The first kappa shape index (κ1) is 23.7. The Bertz CT molecular complexity index is 1140. The number of carbonyl (C=O) groups excluding carboxylic acids is 3. The van der Waals surface area contributed by atoms with Gasteiger partial charge in [0.15, 0.2) is 11.5 Å². The number of amides is 4. The van der Waals surface area contributed by atoms with E-state index >= 15 is 0 Å². The maximum absolute atomic E-state index is 13.3. The van der Waals surface area contributed by atoms with Crippen molar-refractivity contribution < 1.29 is 32.6 Å². The fourth-order valence-corrected chi connectivity index (χ4v) is 4.55. The molecule has 1 saturated heterocycles. The number of hydrogen-bond donors (Lipinski definition) is 3. The third-order valence-electron chi connectivity index (χ3n) is 5.19. The number of ether oxygens (including phenoxy) is 2. The summed E-state index contributed by atoms with van der Waals surface area (Å²) in [5.41, 5.74) is 0.259. The highest BCUT2D eigenvalue weighted by atomic mass is 32.1. The van der Waals surface area contributed by atoms with E-state index in [-0.39, 0.29) is 47.4 Å². The highest BCUT2D eigenvalue weighted by molar-refractivity contribution is 7.16. The summed E-state index contributed by atoms with van der Waals surface area (Å²) in [4.78, 5) is 40.1. The Hall–Kier alpha value is -3.41. The Morgan fingerprint density at radius 2 is 1.85 bits per heavy atom. The van der Waals surface area contributed by atoms with Gasteiger partial charge in [0.1, 0.15) is 5.00 Å². The van der Waals surface area contributed by atoms with Crippen LogP contribution in [-0.2, 0) is 10.2 Å². The van der Waals surface area contributed by atoms with E-state index < -0.39 is 12.3 Å². The Labute approximate surface area is 198 Å². The van der Waals surface area contributed by atoms with Crippen molar-refractivity contribution in [2.24, 2.45) is 0 Å². The number of anilines is 2. The molecule has 182 valence electrons. The molecule has 0 unspecified atom stereocenters. The third kappa shape index (κ3) is 5.22. The van der Waals surface area contributed by atoms with Crippen LogP contribution < -0.4 is 25.4 Å². The molecule has 4 amide bonds. The lowest BCUT2D eigenvalue weighted by Gasteiger charge is -2.20. The number of urea groups is 1. The fraction of sp³-hybridized carbons (Fsp3) is 0.409. The van der Waals surface area contributed by atoms with Gasteiger partial charge < -0.3 is 25.0 Å². The number of hydrogen-bond acceptors (Lipinski definition) is 6. The number of fused-ring (bicyclic) bond motifs is 1. The van der Waals surface area contributed by atoms with E-state index in [0.29, 0.717) is 23.7 Å². The Morgan fingerprint density at radius 1 is 1.12 bits per heavy atom. The van der Waals surface area contributed by atoms with E-state index in [1.165, 1.54) is 29.5 Å². The number of alkyl halides is 2. The number of rotatable bonds is 3. The van der Waals surface area contributed by atoms with Gasteiger partial charge in [0.2, 0.25) is 5.91 Å². The molecule has 2 aliphatic rings. The molecule has 3 heterocycles. The lowest BCUT2D eigenvalue weighted by Crippen LogP contribution is -2.34. The Morgan fingerprint density at radius 3 is 2.59 bits per heavy atom. The van der Waals surface area contributed by atoms with Crippen LogP contribution in [0.1, 0.15) is 42.4 Å². The predicted molar refractivity (Wildman–Crippen MR) is 122 cm³/mol. The van der Waals surface area contributed by atoms with Gasteiger partial charge >= 0.3 is 12.3 Å². The average molecular weight is 495 g/mol. The minimum absolute atomic E-state index is 0.116. The summed E-state index contributed by atoms with van der Waals surface area (Å²) in [6, 6.07) is 4.97. The zero-order valence-electron chi connectivity index (χ0n) is 18.8. The van der Waals surface area contributed by atoms with Crippen molar-refractivity contribution in [3.05, 3.63) is 34.7 Å². The summed E-state index contributed by atoms with van der Waals surface area (Å²) < 4.78 is 35.2. The Balaban J connectivity index is 1.53. The van der Waals surface area contributed by atoms with E-state index in [1.807, 2.05) is 20.8 Å². The van der Waals surface area contributed by atoms with E-state index in [0.717, 1.165) is 4.88 Å². The second-order valence-corrected chi connectivity index (χ2v) is 9.96. The molecule has 4 rings (SSSR count). The predicted octanol–water partition coefficient (Wildman–Crippen LogP) is 3.97. The number of thiophene rings is 1. The van der Waals surface area contributed by atoms with Crippen LogP contribution in [0, 0.1) is 0 Å². The SMILES string of the molecule is CC(C)(C)c1cc(C(=O)N2CCNC(=O)CC2)c(NC(=O)Nc2ccc3c(c2)OC(F)(F)O3)s1. The van der Waals surface area contributed by atoms with Crippen LogP contribution in [0.5, 0.6) is 11.5 Å². The first-order chi connectivity index (χ1) is 15.9. The van der Waals surface area contributed by atoms with E-state index in [2.05, 4.69) is 25.4 Å². The van der Waals surface area contributed by atoms with Crippen LogP contribution in [-0.4, -0.2) is 48.7 Å². The fourth-order valence-electron chi connectivity index (χ4n) is 3.44. The largest absolute Gasteiger partial charge is 0.586 e. The number of nitrogens with one attached hydrogen (secondary N) is 3. The monoisotopic (exact) mass is 494 g/mol. The van der Waals surface area contributed by atoms with Crippen LogP contribution in [0.4, 0.5) is 24.3 Å². The summed E-state index contributed by atoms with van der Waals surface area (Å²) in [5.74, 6) is -0.740. The zero-order chi connectivity index (χ0) is 24.7. The van der Waals surface area contributed by atoms with Gasteiger partial charge in [-0.2, -0.15) is 0 Å². The van der Waals surface area contributed by atoms with Crippen LogP contribution in [0.2, 0.25) is 0 Å². The molecule has 1 fully saturated rings. The minimum Gasteiger partial charge on any atom is -0.395 e. The molecule has 0 saturated carbocycles. The first-order valence-electron chi connectivity index (χ1n) is 10.6. The van der Waals surface area contributed by atoms with Crippen LogP contribution in [0.25, 0.3) is 0 Å². The molecule has 2 aliphatic heterocycles. The second kappa shape index (κ2) is 8.75. The van der Waals surface area contributed by atoms with Gasteiger partial charge in [-0.15, -0.1) is 20.1 Å². The lowest BCUT2D eigenvalue weighted by molar-refractivity contribution is -0.286. The number of carbonyl (C=O) groups is 3. The summed E-state index contributed by atoms with van der Waals surface area (Å²) in [7, 11) is 0. The van der Waals surface area contributed by atoms with Crippen molar-refractivity contribution in [3.8, 4) is 11.5 Å². The standard InChI is InChI=1S/C22H24F2N4O5S/c1-21(2,3)16-11-13(19(30)28-8-6-17(29)25-7-9-28)18(34-16)27-20(31)26-12-4-5-14-15(10-12)33-22(23,24)32-14/h4-5,10-11H,6-9H2,1-3H3,(H,25,29)(H2,26,27,31). The van der Waals surface area contributed by atoms with E-state index in [4.69, 9.17) is 0 Å². The molecule has 3 N–H and O–H groups in total. The van der Waals surface area contributed by atoms with E-state index in [1.54, 1.807) is 11.0 Å². The lowest BCUT2D eigenvalue weighted by atomic mass is 9.94. The molecule has 0 aliphatic carbocycles. The number of benzene rings is 1. The number of halogens is 2. The highest BCUT2D eigenvalue weighted by Crippen LogP contribution is 2.42. The molecule has 0 spiro atoms. The summed E-state index contributed by atoms with van der Waals surface area (Å²) in [6.45, 7) is 6.97. The third-order valence-corrected chi connectivity index (χ3v) is 6.66. The van der Waals surface area contributed by atoms with Crippen LogP contribution in [0.15, 0.2) is 24.3 Å². The number of nitrogens with zero attached hydrogens (tertiary/aromatic N) is 1. The van der Waals surface area contributed by atoms with Gasteiger partial charge in [0, 0.05) is 42.7 Å². The van der Waals surface area contributed by atoms with Gasteiger partial charge in [0.05, 0.1) is 5.56 Å². The Kier molecular flexibility index (Phi) is 6.11.